The molecular formula is C22H42N6O3. The van der Waals surface area contributed by atoms with E-state index in [1.54, 1.807) is 14.1 Å². The number of nitrogens with one attached hydrogen (secondary N) is 3. The third kappa shape index (κ3) is 9.33. The van der Waals surface area contributed by atoms with Crippen LogP contribution in [-0.2, 0) is 9.53 Å². The highest BCUT2D eigenvalue weighted by Crippen LogP contribution is 2.32. The fraction of sp³-hybridized carbons (Fsp3) is 0.864. The number of nitrogens with zero attached hydrogens (tertiary/aromatic N) is 3. The first-order valence-corrected chi connectivity index (χ1v) is 11.5. The zero-order valence-electron chi connectivity index (χ0n) is 20.2. The lowest BCUT2D eigenvalue weighted by molar-refractivity contribution is -0.127. The van der Waals surface area contributed by atoms with Gasteiger partial charge in [0.15, 0.2) is 5.96 Å². The standard InChI is InChI=1S/C22H42N6O3/c1-7-28-12-8-9-17(28)13-23-20(25-15-19(29)27(5)6)24-14-18(16-10-11-16)26-21(30)31-22(2,3)4/h16-18H,7-15H2,1-6H3,(H,26,30)(H2,23,24,25). The van der Waals surface area contributed by atoms with E-state index in [0.29, 0.717) is 24.5 Å². The van der Waals surface area contributed by atoms with Gasteiger partial charge in [0.25, 0.3) is 0 Å². The molecule has 1 aliphatic heterocycles. The van der Waals surface area contributed by atoms with E-state index >= 15 is 0 Å². The molecule has 2 atom stereocenters. The fourth-order valence-corrected chi connectivity index (χ4v) is 3.72. The van der Waals surface area contributed by atoms with Crippen molar-refractivity contribution in [2.24, 2.45) is 10.9 Å². The summed E-state index contributed by atoms with van der Waals surface area (Å²) in [4.78, 5) is 32.8. The first kappa shape index (κ1) is 25.2. The summed E-state index contributed by atoms with van der Waals surface area (Å²) in [7, 11) is 3.45. The van der Waals surface area contributed by atoms with E-state index in [-0.39, 0.29) is 18.5 Å². The van der Waals surface area contributed by atoms with E-state index in [1.165, 1.54) is 11.3 Å². The lowest BCUT2D eigenvalue weighted by Gasteiger charge is -2.26. The van der Waals surface area contributed by atoms with Crippen molar-refractivity contribution in [1.82, 2.24) is 25.8 Å². The Bertz CT molecular complexity index is 627. The molecular weight excluding hydrogens is 396 g/mol. The Labute approximate surface area is 187 Å². The SMILES string of the molecule is CCN1CCCC1CNC(=NCC(=O)N(C)C)NCC(NC(=O)OC(C)(C)C)C1CC1. The van der Waals surface area contributed by atoms with Gasteiger partial charge in [-0.25, -0.2) is 9.79 Å². The molecule has 0 aromatic carbocycles. The summed E-state index contributed by atoms with van der Waals surface area (Å²) in [5.41, 5.74) is -0.529. The molecule has 2 fully saturated rings. The van der Waals surface area contributed by atoms with E-state index in [4.69, 9.17) is 4.74 Å². The minimum Gasteiger partial charge on any atom is -0.444 e. The number of carbonyl (C=O) groups excluding carboxylic acids is 2. The van der Waals surface area contributed by atoms with Crippen LogP contribution in [0.2, 0.25) is 0 Å². The average molecular weight is 439 g/mol. The van der Waals surface area contributed by atoms with Crippen LogP contribution in [0.4, 0.5) is 4.79 Å². The summed E-state index contributed by atoms with van der Waals surface area (Å²) in [6.07, 6.45) is 4.16. The van der Waals surface area contributed by atoms with Gasteiger partial charge in [-0.15, -0.1) is 0 Å². The summed E-state index contributed by atoms with van der Waals surface area (Å²) in [6, 6.07) is 0.436. The van der Waals surface area contributed by atoms with Crippen molar-refractivity contribution in [3.05, 3.63) is 0 Å². The van der Waals surface area contributed by atoms with Crippen LogP contribution in [0.15, 0.2) is 4.99 Å². The van der Waals surface area contributed by atoms with Gasteiger partial charge in [-0.2, -0.15) is 0 Å². The zero-order valence-corrected chi connectivity index (χ0v) is 20.2. The number of alkyl carbamates (subject to hydrolysis) is 1. The van der Waals surface area contributed by atoms with Gasteiger partial charge in [-0.3, -0.25) is 9.69 Å². The highest BCUT2D eigenvalue weighted by atomic mass is 16.6. The van der Waals surface area contributed by atoms with Gasteiger partial charge in [0.1, 0.15) is 12.1 Å². The van der Waals surface area contributed by atoms with Crippen molar-refractivity contribution >= 4 is 18.0 Å². The smallest absolute Gasteiger partial charge is 0.407 e. The lowest BCUT2D eigenvalue weighted by Crippen LogP contribution is -2.51. The van der Waals surface area contributed by atoms with Gasteiger partial charge in [-0.05, 0) is 65.5 Å². The molecule has 2 rings (SSSR count). The normalized spacial score (nSPS) is 20.8. The predicted octanol–water partition coefficient (Wildman–Crippen LogP) is 1.40. The number of guanidine groups is 1. The fourth-order valence-electron chi connectivity index (χ4n) is 3.72. The highest BCUT2D eigenvalue weighted by molar-refractivity contribution is 5.84. The molecule has 2 aliphatic rings. The van der Waals surface area contributed by atoms with Crippen molar-refractivity contribution in [2.75, 3.05) is 46.8 Å². The molecule has 9 nitrogen and oxygen atoms in total. The number of carbonyl (C=O) groups is 2. The summed E-state index contributed by atoms with van der Waals surface area (Å²) in [6.45, 7) is 11.3. The minimum absolute atomic E-state index is 0.0370. The molecule has 2 amide bonds. The Balaban J connectivity index is 1.95. The van der Waals surface area contributed by atoms with Crippen LogP contribution in [0.3, 0.4) is 0 Å². The molecule has 9 heteroatoms. The predicted molar refractivity (Wildman–Crippen MR) is 123 cm³/mol. The Hall–Kier alpha value is -2.03. The number of likely N-dealkylation sites (N-methyl/N-ethyl adjacent to an activating group) is 2. The summed E-state index contributed by atoms with van der Waals surface area (Å²) in [5, 5.41) is 9.75. The molecule has 3 N–H and O–H groups in total. The molecule has 0 radical (unpaired) electrons. The van der Waals surface area contributed by atoms with Crippen LogP contribution in [-0.4, -0.2) is 92.3 Å². The molecule has 0 spiro atoms. The number of amides is 2. The topological polar surface area (TPSA) is 98.3 Å². The second kappa shape index (κ2) is 11.5. The molecule has 2 unspecified atom stereocenters. The number of aliphatic imine (C=N–C) groups is 1. The van der Waals surface area contributed by atoms with Gasteiger partial charge < -0.3 is 25.6 Å². The van der Waals surface area contributed by atoms with Crippen molar-refractivity contribution in [3.8, 4) is 0 Å². The van der Waals surface area contributed by atoms with Crippen molar-refractivity contribution < 1.29 is 14.3 Å². The monoisotopic (exact) mass is 438 g/mol. The number of hydrogen-bond donors (Lipinski definition) is 3. The minimum atomic E-state index is -0.529. The second-order valence-corrected chi connectivity index (χ2v) is 9.73. The molecule has 1 heterocycles. The third-order valence-electron chi connectivity index (χ3n) is 5.66. The largest absolute Gasteiger partial charge is 0.444 e. The van der Waals surface area contributed by atoms with Crippen molar-refractivity contribution in [3.63, 3.8) is 0 Å². The first-order valence-electron chi connectivity index (χ1n) is 11.5. The zero-order chi connectivity index (χ0) is 23.0. The molecule has 0 bridgehead atoms. The Morgan fingerprint density at radius 2 is 1.90 bits per heavy atom. The van der Waals surface area contributed by atoms with E-state index in [2.05, 4.69) is 32.8 Å². The molecule has 1 aliphatic carbocycles. The highest BCUT2D eigenvalue weighted by Gasteiger charge is 2.33. The van der Waals surface area contributed by atoms with Crippen LogP contribution in [0.5, 0.6) is 0 Å². The second-order valence-electron chi connectivity index (χ2n) is 9.73. The van der Waals surface area contributed by atoms with Crippen molar-refractivity contribution in [1.29, 1.82) is 0 Å². The van der Waals surface area contributed by atoms with Crippen LogP contribution in [0.1, 0.15) is 53.4 Å². The third-order valence-corrected chi connectivity index (χ3v) is 5.66. The number of likely N-dealkylation sites (tertiary alicyclic amines) is 1. The van der Waals surface area contributed by atoms with Gasteiger partial charge in [-0.1, -0.05) is 6.92 Å². The summed E-state index contributed by atoms with van der Waals surface area (Å²) in [5.74, 6) is 0.993. The maximum absolute atomic E-state index is 12.2. The Morgan fingerprint density at radius 1 is 1.19 bits per heavy atom. The molecule has 1 saturated heterocycles. The maximum Gasteiger partial charge on any atom is 0.407 e. The first-order chi connectivity index (χ1) is 14.6. The average Bonchev–Trinajstić information content (AvgIpc) is 3.42. The lowest BCUT2D eigenvalue weighted by atomic mass is 10.2. The Kier molecular flexibility index (Phi) is 9.40. The number of rotatable bonds is 9. The van der Waals surface area contributed by atoms with Crippen LogP contribution in [0.25, 0.3) is 0 Å². The van der Waals surface area contributed by atoms with Gasteiger partial charge in [0, 0.05) is 33.2 Å². The van der Waals surface area contributed by atoms with Crippen LogP contribution in [0, 0.1) is 5.92 Å². The molecule has 178 valence electrons. The molecule has 0 aromatic rings. The van der Waals surface area contributed by atoms with Crippen molar-refractivity contribution in [2.45, 2.75) is 71.1 Å². The van der Waals surface area contributed by atoms with Gasteiger partial charge >= 0.3 is 6.09 Å². The molecule has 31 heavy (non-hydrogen) atoms. The van der Waals surface area contributed by atoms with Crippen LogP contribution >= 0.6 is 0 Å². The van der Waals surface area contributed by atoms with Gasteiger partial charge in [0.2, 0.25) is 5.91 Å². The van der Waals surface area contributed by atoms with E-state index < -0.39 is 11.7 Å². The van der Waals surface area contributed by atoms with E-state index in [9.17, 15) is 9.59 Å². The molecule has 1 saturated carbocycles. The summed E-state index contributed by atoms with van der Waals surface area (Å²) < 4.78 is 5.42. The number of ether oxygens (including phenoxy) is 1. The summed E-state index contributed by atoms with van der Waals surface area (Å²) >= 11 is 0. The Morgan fingerprint density at radius 3 is 2.48 bits per heavy atom. The number of hydrogen-bond acceptors (Lipinski definition) is 5. The van der Waals surface area contributed by atoms with E-state index in [1.807, 2.05) is 20.8 Å². The van der Waals surface area contributed by atoms with E-state index in [0.717, 1.165) is 38.9 Å². The molecule has 0 aromatic heterocycles. The maximum atomic E-state index is 12.2. The van der Waals surface area contributed by atoms with Crippen LogP contribution < -0.4 is 16.0 Å². The quantitative estimate of drug-likeness (QED) is 0.372. The van der Waals surface area contributed by atoms with Gasteiger partial charge in [0.05, 0.1) is 6.04 Å².